The van der Waals surface area contributed by atoms with Crippen molar-refractivity contribution in [1.29, 1.82) is 0 Å². The fourth-order valence-corrected chi connectivity index (χ4v) is 1.25. The summed E-state index contributed by atoms with van der Waals surface area (Å²) in [5, 5.41) is 10.4. The molecule has 1 rings (SSSR count). The smallest absolute Gasteiger partial charge is 0.249 e. The van der Waals surface area contributed by atoms with Crippen LogP contribution in [0.15, 0.2) is 23.9 Å². The molecule has 0 heterocycles. The Labute approximate surface area is 65.6 Å². The second-order valence-electron chi connectivity index (χ2n) is 2.62. The van der Waals surface area contributed by atoms with Gasteiger partial charge in [0.25, 0.3) is 0 Å². The number of nitrogens with zero attached hydrogens (tertiary/aromatic N) is 1. The molecule has 0 aliphatic heterocycles. The lowest BCUT2D eigenvalue weighted by Gasteiger charge is -2.11. The Kier molecular flexibility index (Phi) is 2.41. The maximum atomic E-state index is 10.4. The first-order valence-electron chi connectivity index (χ1n) is 3.76. The van der Waals surface area contributed by atoms with Crippen molar-refractivity contribution in [2.24, 2.45) is 5.92 Å². The summed E-state index contributed by atoms with van der Waals surface area (Å²) in [6.07, 6.45) is 6.98. The Morgan fingerprint density at radius 3 is 3.00 bits per heavy atom. The van der Waals surface area contributed by atoms with Crippen molar-refractivity contribution < 1.29 is 4.92 Å². The molecule has 1 atom stereocenters. The molecule has 0 saturated heterocycles. The lowest BCUT2D eigenvalue weighted by molar-refractivity contribution is -0.434. The van der Waals surface area contributed by atoms with E-state index in [1.165, 1.54) is 0 Å². The lowest BCUT2D eigenvalue weighted by atomic mass is 9.95. The number of hydrogen-bond donors (Lipinski definition) is 0. The first kappa shape index (κ1) is 7.98. The molecule has 0 aromatic heterocycles. The molecule has 0 spiro atoms. The molecular weight excluding hydrogens is 142 g/mol. The molecule has 0 amide bonds. The van der Waals surface area contributed by atoms with Crippen LogP contribution < -0.4 is 0 Å². The van der Waals surface area contributed by atoms with E-state index in [2.05, 4.69) is 0 Å². The van der Waals surface area contributed by atoms with E-state index in [-0.39, 0.29) is 10.8 Å². The van der Waals surface area contributed by atoms with Gasteiger partial charge in [0.2, 0.25) is 5.70 Å². The minimum atomic E-state index is -0.280. The van der Waals surface area contributed by atoms with Crippen molar-refractivity contribution in [3.8, 4) is 0 Å². The monoisotopic (exact) mass is 153 g/mol. The summed E-state index contributed by atoms with van der Waals surface area (Å²) in [6.45, 7) is 1.97. The molecule has 0 radical (unpaired) electrons. The molecular formula is C8H11NO2. The molecule has 1 aliphatic carbocycles. The quantitative estimate of drug-likeness (QED) is 0.450. The third-order valence-corrected chi connectivity index (χ3v) is 1.95. The van der Waals surface area contributed by atoms with Gasteiger partial charge in [0.05, 0.1) is 10.8 Å². The molecule has 0 bridgehead atoms. The van der Waals surface area contributed by atoms with E-state index in [0.29, 0.717) is 5.70 Å². The maximum absolute atomic E-state index is 10.4. The molecule has 0 fully saturated rings. The van der Waals surface area contributed by atoms with Crippen molar-refractivity contribution in [2.45, 2.75) is 19.8 Å². The zero-order valence-corrected chi connectivity index (χ0v) is 6.49. The number of hydrogen-bond acceptors (Lipinski definition) is 2. The van der Waals surface area contributed by atoms with Gasteiger partial charge in [-0.1, -0.05) is 19.1 Å². The fourth-order valence-electron chi connectivity index (χ4n) is 1.25. The standard InChI is InChI=1S/C8H11NO2/c1-2-7-5-3-4-6-8(7)9(10)11/h3-4,6-7H,2,5H2,1H3. The molecule has 11 heavy (non-hydrogen) atoms. The van der Waals surface area contributed by atoms with Gasteiger partial charge in [-0.05, 0) is 12.8 Å². The normalized spacial score (nSPS) is 23.0. The van der Waals surface area contributed by atoms with Crippen molar-refractivity contribution in [3.05, 3.63) is 34.0 Å². The van der Waals surface area contributed by atoms with Crippen LogP contribution in [-0.2, 0) is 0 Å². The van der Waals surface area contributed by atoms with Gasteiger partial charge in [-0.2, -0.15) is 0 Å². The Morgan fingerprint density at radius 1 is 1.82 bits per heavy atom. The Bertz CT molecular complexity index is 218. The lowest BCUT2D eigenvalue weighted by Crippen LogP contribution is -2.12. The number of rotatable bonds is 2. The van der Waals surface area contributed by atoms with Crippen molar-refractivity contribution in [1.82, 2.24) is 0 Å². The highest BCUT2D eigenvalue weighted by Gasteiger charge is 2.22. The highest BCUT2D eigenvalue weighted by molar-refractivity contribution is 5.15. The summed E-state index contributed by atoms with van der Waals surface area (Å²) in [4.78, 5) is 10.1. The zero-order valence-electron chi connectivity index (χ0n) is 6.49. The molecule has 0 aromatic carbocycles. The average Bonchev–Trinajstić information content (AvgIpc) is 2.04. The van der Waals surface area contributed by atoms with Gasteiger partial charge in [-0.3, -0.25) is 10.1 Å². The first-order chi connectivity index (χ1) is 5.25. The molecule has 0 N–H and O–H groups in total. The first-order valence-corrected chi connectivity index (χ1v) is 3.76. The summed E-state index contributed by atoms with van der Waals surface area (Å²) in [5.74, 6) is 0.120. The van der Waals surface area contributed by atoms with Crippen LogP contribution in [-0.4, -0.2) is 4.92 Å². The van der Waals surface area contributed by atoms with Crippen LogP contribution in [0.25, 0.3) is 0 Å². The summed E-state index contributed by atoms with van der Waals surface area (Å²) in [7, 11) is 0. The van der Waals surface area contributed by atoms with Gasteiger partial charge in [0, 0.05) is 6.08 Å². The zero-order chi connectivity index (χ0) is 8.27. The number of nitro groups is 1. The molecule has 3 nitrogen and oxygen atoms in total. The van der Waals surface area contributed by atoms with Gasteiger partial charge in [-0.15, -0.1) is 0 Å². The average molecular weight is 153 g/mol. The summed E-state index contributed by atoms with van der Waals surface area (Å²) in [6, 6.07) is 0. The molecule has 3 heteroatoms. The van der Waals surface area contributed by atoms with Gasteiger partial charge < -0.3 is 0 Å². The molecule has 1 aliphatic rings. The predicted molar refractivity (Wildman–Crippen MR) is 42.6 cm³/mol. The van der Waals surface area contributed by atoms with Crippen molar-refractivity contribution in [2.75, 3.05) is 0 Å². The van der Waals surface area contributed by atoms with Gasteiger partial charge in [0.1, 0.15) is 0 Å². The largest absolute Gasteiger partial charge is 0.259 e. The number of allylic oxidation sites excluding steroid dienone is 4. The Hall–Kier alpha value is -1.12. The summed E-state index contributed by atoms with van der Waals surface area (Å²) >= 11 is 0. The van der Waals surface area contributed by atoms with Gasteiger partial charge in [0.15, 0.2) is 0 Å². The van der Waals surface area contributed by atoms with Crippen LogP contribution in [0, 0.1) is 16.0 Å². The van der Waals surface area contributed by atoms with E-state index in [1.54, 1.807) is 12.2 Å². The van der Waals surface area contributed by atoms with Crippen LogP contribution >= 0.6 is 0 Å². The van der Waals surface area contributed by atoms with Crippen LogP contribution in [0.4, 0.5) is 0 Å². The highest BCUT2D eigenvalue weighted by atomic mass is 16.6. The Balaban J connectivity index is 2.78. The van der Waals surface area contributed by atoms with Crippen molar-refractivity contribution in [3.63, 3.8) is 0 Å². The highest BCUT2D eigenvalue weighted by Crippen LogP contribution is 2.23. The van der Waals surface area contributed by atoms with E-state index in [9.17, 15) is 10.1 Å². The van der Waals surface area contributed by atoms with Crippen molar-refractivity contribution >= 4 is 0 Å². The topological polar surface area (TPSA) is 43.1 Å². The predicted octanol–water partition coefficient (Wildman–Crippen LogP) is 2.13. The molecule has 0 aromatic rings. The van der Waals surface area contributed by atoms with Gasteiger partial charge >= 0.3 is 0 Å². The summed E-state index contributed by atoms with van der Waals surface area (Å²) in [5.41, 5.74) is 0.356. The second-order valence-corrected chi connectivity index (χ2v) is 2.62. The molecule has 1 unspecified atom stereocenters. The minimum Gasteiger partial charge on any atom is -0.259 e. The van der Waals surface area contributed by atoms with Gasteiger partial charge in [-0.25, -0.2) is 0 Å². The van der Waals surface area contributed by atoms with Crippen LogP contribution in [0.3, 0.4) is 0 Å². The molecule has 60 valence electrons. The van der Waals surface area contributed by atoms with Crippen LogP contribution in [0.2, 0.25) is 0 Å². The third kappa shape index (κ3) is 1.67. The second kappa shape index (κ2) is 3.32. The summed E-state index contributed by atoms with van der Waals surface area (Å²) < 4.78 is 0. The minimum absolute atomic E-state index is 0.120. The van der Waals surface area contributed by atoms with Crippen LogP contribution in [0.1, 0.15) is 19.8 Å². The Morgan fingerprint density at radius 2 is 2.55 bits per heavy atom. The van der Waals surface area contributed by atoms with E-state index in [0.717, 1.165) is 12.8 Å². The molecule has 0 saturated carbocycles. The van der Waals surface area contributed by atoms with E-state index < -0.39 is 0 Å². The van der Waals surface area contributed by atoms with Crippen LogP contribution in [0.5, 0.6) is 0 Å². The fraction of sp³-hybridized carbons (Fsp3) is 0.500. The van der Waals surface area contributed by atoms with E-state index in [1.807, 2.05) is 13.0 Å². The SMILES string of the molecule is CCC1CC=CC=C1[N+](=O)[O-]. The third-order valence-electron chi connectivity index (χ3n) is 1.95. The maximum Gasteiger partial charge on any atom is 0.249 e. The van der Waals surface area contributed by atoms with E-state index in [4.69, 9.17) is 0 Å². The van der Waals surface area contributed by atoms with E-state index >= 15 is 0 Å².